The van der Waals surface area contributed by atoms with Crippen LogP contribution in [0.1, 0.15) is 57.8 Å². The standard InChI is InChI=1S/C19H32N4O2/c1-16(2)23-11-8-20-17(23)13-21-9-3-6-19(14-21)7-5-18(25)22(15-19)10-4-12-24/h8,11,16,24H,3-7,9-10,12-15H2,1-2H3/t19-/m1/s1. The maximum Gasteiger partial charge on any atom is 0.222 e. The molecule has 1 spiro atoms. The van der Waals surface area contributed by atoms with Crippen molar-refractivity contribution in [2.75, 3.05) is 32.8 Å². The summed E-state index contributed by atoms with van der Waals surface area (Å²) < 4.78 is 2.25. The molecule has 6 heteroatoms. The van der Waals surface area contributed by atoms with E-state index >= 15 is 0 Å². The van der Waals surface area contributed by atoms with Crippen LogP contribution in [-0.4, -0.2) is 63.2 Å². The maximum absolute atomic E-state index is 12.2. The second-order valence-corrected chi connectivity index (χ2v) is 8.05. The summed E-state index contributed by atoms with van der Waals surface area (Å²) in [4.78, 5) is 21.3. The molecule has 2 fully saturated rings. The number of aliphatic hydroxyl groups excluding tert-OH is 1. The highest BCUT2D eigenvalue weighted by Gasteiger charge is 2.41. The molecule has 0 saturated carbocycles. The van der Waals surface area contributed by atoms with E-state index in [1.165, 1.54) is 12.8 Å². The van der Waals surface area contributed by atoms with E-state index in [-0.39, 0.29) is 17.9 Å². The van der Waals surface area contributed by atoms with Crippen molar-refractivity contribution in [2.45, 2.75) is 58.5 Å². The molecule has 1 amide bonds. The zero-order valence-corrected chi connectivity index (χ0v) is 15.7. The lowest BCUT2D eigenvalue weighted by Crippen LogP contribution is -2.54. The van der Waals surface area contributed by atoms with E-state index in [4.69, 9.17) is 5.11 Å². The lowest BCUT2D eigenvalue weighted by molar-refractivity contribution is -0.139. The van der Waals surface area contributed by atoms with Gasteiger partial charge in [0.05, 0.1) is 6.54 Å². The van der Waals surface area contributed by atoms with E-state index in [0.29, 0.717) is 25.4 Å². The van der Waals surface area contributed by atoms with Crippen LogP contribution >= 0.6 is 0 Å². The monoisotopic (exact) mass is 348 g/mol. The number of hydrogen-bond donors (Lipinski definition) is 1. The number of nitrogens with zero attached hydrogens (tertiary/aromatic N) is 4. The molecule has 2 saturated heterocycles. The first-order chi connectivity index (χ1) is 12.0. The second kappa shape index (κ2) is 7.87. The number of hydrogen-bond acceptors (Lipinski definition) is 4. The van der Waals surface area contributed by atoms with Gasteiger partial charge in [-0.3, -0.25) is 9.69 Å². The largest absolute Gasteiger partial charge is 0.396 e. The van der Waals surface area contributed by atoms with E-state index in [9.17, 15) is 4.79 Å². The van der Waals surface area contributed by atoms with Crippen LogP contribution < -0.4 is 0 Å². The van der Waals surface area contributed by atoms with Gasteiger partial charge in [0.25, 0.3) is 0 Å². The van der Waals surface area contributed by atoms with Gasteiger partial charge in [-0.25, -0.2) is 4.98 Å². The van der Waals surface area contributed by atoms with Crippen LogP contribution in [0.3, 0.4) is 0 Å². The Balaban J connectivity index is 1.65. The predicted octanol–water partition coefficient (Wildman–Crippen LogP) is 2.05. The second-order valence-electron chi connectivity index (χ2n) is 8.05. The zero-order chi connectivity index (χ0) is 17.9. The van der Waals surface area contributed by atoms with Gasteiger partial charge in [0, 0.05) is 56.5 Å². The number of rotatable bonds is 6. The average molecular weight is 348 g/mol. The van der Waals surface area contributed by atoms with Crippen molar-refractivity contribution in [3.05, 3.63) is 18.2 Å². The fraction of sp³-hybridized carbons (Fsp3) is 0.789. The van der Waals surface area contributed by atoms with Crippen LogP contribution in [0, 0.1) is 5.41 Å². The molecular formula is C19H32N4O2. The topological polar surface area (TPSA) is 61.6 Å². The first-order valence-electron chi connectivity index (χ1n) is 9.66. The highest BCUT2D eigenvalue weighted by molar-refractivity contribution is 5.77. The number of carbonyl (C=O) groups excluding carboxylic acids is 1. The molecule has 1 N–H and O–H groups in total. The van der Waals surface area contributed by atoms with Gasteiger partial charge in [-0.1, -0.05) is 0 Å². The van der Waals surface area contributed by atoms with Crippen molar-refractivity contribution in [2.24, 2.45) is 5.41 Å². The van der Waals surface area contributed by atoms with Crippen molar-refractivity contribution >= 4 is 5.91 Å². The fourth-order valence-electron chi connectivity index (χ4n) is 4.48. The lowest BCUT2D eigenvalue weighted by atomic mass is 9.73. The van der Waals surface area contributed by atoms with Crippen LogP contribution in [0.4, 0.5) is 0 Å². The minimum Gasteiger partial charge on any atom is -0.396 e. The quantitative estimate of drug-likeness (QED) is 0.855. The summed E-state index contributed by atoms with van der Waals surface area (Å²) in [6.45, 7) is 9.11. The van der Waals surface area contributed by atoms with Crippen LogP contribution in [-0.2, 0) is 11.3 Å². The van der Waals surface area contributed by atoms with Crippen molar-refractivity contribution < 1.29 is 9.90 Å². The molecule has 6 nitrogen and oxygen atoms in total. The van der Waals surface area contributed by atoms with Crippen LogP contribution in [0.2, 0.25) is 0 Å². The molecule has 1 atom stereocenters. The molecular weight excluding hydrogens is 316 g/mol. The SMILES string of the molecule is CC(C)n1ccnc1CN1CCC[C@@]2(CCC(=O)N(CCCO)C2)C1. The van der Waals surface area contributed by atoms with Crippen molar-refractivity contribution in [3.8, 4) is 0 Å². The van der Waals surface area contributed by atoms with E-state index < -0.39 is 0 Å². The molecule has 2 aliphatic rings. The van der Waals surface area contributed by atoms with E-state index in [1.807, 2.05) is 11.1 Å². The Kier molecular flexibility index (Phi) is 5.79. The Labute approximate surface area is 150 Å². The minimum absolute atomic E-state index is 0.154. The molecule has 2 aliphatic heterocycles. The summed E-state index contributed by atoms with van der Waals surface area (Å²) in [5.41, 5.74) is 0.219. The van der Waals surface area contributed by atoms with Crippen molar-refractivity contribution in [1.29, 1.82) is 0 Å². The van der Waals surface area contributed by atoms with Gasteiger partial charge < -0.3 is 14.6 Å². The summed E-state index contributed by atoms with van der Waals surface area (Å²) in [5, 5.41) is 9.09. The number of imidazole rings is 1. The fourth-order valence-corrected chi connectivity index (χ4v) is 4.48. The number of aliphatic hydroxyl groups is 1. The molecule has 3 rings (SSSR count). The van der Waals surface area contributed by atoms with Crippen molar-refractivity contribution in [1.82, 2.24) is 19.4 Å². The Morgan fingerprint density at radius 2 is 2.16 bits per heavy atom. The highest BCUT2D eigenvalue weighted by Crippen LogP contribution is 2.39. The molecule has 0 radical (unpaired) electrons. The highest BCUT2D eigenvalue weighted by atomic mass is 16.3. The van der Waals surface area contributed by atoms with Gasteiger partial charge in [0.2, 0.25) is 5.91 Å². The summed E-state index contributed by atoms with van der Waals surface area (Å²) in [7, 11) is 0. The Bertz CT molecular complexity index is 586. The van der Waals surface area contributed by atoms with Gasteiger partial charge in [-0.15, -0.1) is 0 Å². The molecule has 140 valence electrons. The van der Waals surface area contributed by atoms with Gasteiger partial charge in [-0.05, 0) is 46.1 Å². The molecule has 0 aliphatic carbocycles. The maximum atomic E-state index is 12.2. The number of aromatic nitrogens is 2. The molecule has 1 aromatic heterocycles. The minimum atomic E-state index is 0.154. The van der Waals surface area contributed by atoms with E-state index in [0.717, 1.165) is 38.4 Å². The number of carbonyl (C=O) groups is 1. The summed E-state index contributed by atoms with van der Waals surface area (Å²) >= 11 is 0. The van der Waals surface area contributed by atoms with Gasteiger partial charge in [-0.2, -0.15) is 0 Å². The molecule has 25 heavy (non-hydrogen) atoms. The number of amides is 1. The third kappa shape index (κ3) is 4.23. The third-order valence-electron chi connectivity index (χ3n) is 5.75. The predicted molar refractivity (Wildman–Crippen MR) is 97.1 cm³/mol. The smallest absolute Gasteiger partial charge is 0.222 e. The Morgan fingerprint density at radius 3 is 2.92 bits per heavy atom. The normalized spacial score (nSPS) is 25.3. The van der Waals surface area contributed by atoms with Gasteiger partial charge in [0.1, 0.15) is 5.82 Å². The summed E-state index contributed by atoms with van der Waals surface area (Å²) in [6.07, 6.45) is 8.67. The lowest BCUT2D eigenvalue weighted by Gasteiger charge is -2.48. The number of likely N-dealkylation sites (tertiary alicyclic amines) is 2. The average Bonchev–Trinajstić information content (AvgIpc) is 3.04. The number of piperidine rings is 2. The van der Waals surface area contributed by atoms with Crippen LogP contribution in [0.25, 0.3) is 0 Å². The van der Waals surface area contributed by atoms with Gasteiger partial charge in [0.15, 0.2) is 0 Å². The van der Waals surface area contributed by atoms with E-state index in [1.54, 1.807) is 0 Å². The Morgan fingerprint density at radius 1 is 1.32 bits per heavy atom. The summed E-state index contributed by atoms with van der Waals surface area (Å²) in [5.74, 6) is 1.39. The molecule has 0 aromatic carbocycles. The van der Waals surface area contributed by atoms with Gasteiger partial charge >= 0.3 is 0 Å². The third-order valence-corrected chi connectivity index (χ3v) is 5.75. The molecule has 1 aromatic rings. The molecule has 0 bridgehead atoms. The van der Waals surface area contributed by atoms with Crippen LogP contribution in [0.5, 0.6) is 0 Å². The molecule has 3 heterocycles. The first-order valence-corrected chi connectivity index (χ1v) is 9.66. The van der Waals surface area contributed by atoms with Crippen molar-refractivity contribution in [3.63, 3.8) is 0 Å². The van der Waals surface area contributed by atoms with Crippen LogP contribution in [0.15, 0.2) is 12.4 Å². The summed E-state index contributed by atoms with van der Waals surface area (Å²) in [6, 6.07) is 0.428. The zero-order valence-electron chi connectivity index (χ0n) is 15.7. The molecule has 0 unspecified atom stereocenters. The Hall–Kier alpha value is -1.40. The first kappa shape index (κ1) is 18.4. The van der Waals surface area contributed by atoms with E-state index in [2.05, 4.69) is 34.5 Å².